The highest BCUT2D eigenvalue weighted by atomic mass is 32.1. The lowest BCUT2D eigenvalue weighted by Crippen LogP contribution is -2.31. The maximum Gasteiger partial charge on any atom is 0.167 e. The van der Waals surface area contributed by atoms with Gasteiger partial charge in [0.1, 0.15) is 11.2 Å². The van der Waals surface area contributed by atoms with Gasteiger partial charge in [0, 0.05) is 16.7 Å². The molecule has 0 atom stereocenters. The molecule has 5 nitrogen and oxygen atoms in total. The Morgan fingerprint density at radius 1 is 1.32 bits per heavy atom. The van der Waals surface area contributed by atoms with Crippen molar-refractivity contribution in [2.75, 3.05) is 0 Å². The zero-order valence-corrected chi connectivity index (χ0v) is 14.4. The van der Waals surface area contributed by atoms with Crippen LogP contribution in [0.4, 0.5) is 0 Å². The summed E-state index contributed by atoms with van der Waals surface area (Å²) < 4.78 is 7.75. The van der Waals surface area contributed by atoms with Crippen LogP contribution in [-0.2, 0) is 23.2 Å². The van der Waals surface area contributed by atoms with Crippen LogP contribution < -0.4 is 0 Å². The van der Waals surface area contributed by atoms with Gasteiger partial charge in [0.15, 0.2) is 11.5 Å². The minimum atomic E-state index is -0.138. The number of nitrogens with zero attached hydrogens (tertiary/aromatic N) is 4. The number of aromatic nitrogens is 4. The van der Waals surface area contributed by atoms with Crippen LogP contribution in [0.15, 0.2) is 6.33 Å². The van der Waals surface area contributed by atoms with Crippen LogP contribution in [-0.4, -0.2) is 25.2 Å². The summed E-state index contributed by atoms with van der Waals surface area (Å²) >= 11 is 1.71. The van der Waals surface area contributed by atoms with Crippen molar-refractivity contribution >= 4 is 27.2 Å². The lowest BCUT2D eigenvalue weighted by atomic mass is 9.94. The second-order valence-electron chi connectivity index (χ2n) is 7.61. The maximum atomic E-state index is 5.93. The van der Waals surface area contributed by atoms with Gasteiger partial charge in [-0.05, 0) is 19.4 Å². The first-order valence-electron chi connectivity index (χ1n) is 7.55. The van der Waals surface area contributed by atoms with E-state index < -0.39 is 0 Å². The quantitative estimate of drug-likeness (QED) is 0.637. The number of thiophene rings is 1. The molecule has 0 saturated carbocycles. The highest BCUT2D eigenvalue weighted by Crippen LogP contribution is 2.39. The summed E-state index contributed by atoms with van der Waals surface area (Å²) in [6.45, 7) is 11.3. The van der Waals surface area contributed by atoms with Crippen LogP contribution in [0.5, 0.6) is 0 Å². The summed E-state index contributed by atoms with van der Waals surface area (Å²) in [5.41, 5.74) is 2.05. The molecular weight excluding hydrogens is 296 g/mol. The summed E-state index contributed by atoms with van der Waals surface area (Å²) in [7, 11) is 0. The third-order valence-corrected chi connectivity index (χ3v) is 5.19. The number of hydrogen-bond acceptors (Lipinski definition) is 5. The molecule has 4 rings (SSSR count). The molecule has 0 aromatic carbocycles. The summed E-state index contributed by atoms with van der Waals surface area (Å²) in [5, 5.41) is 5.77. The van der Waals surface area contributed by atoms with Crippen molar-refractivity contribution in [1.29, 1.82) is 0 Å². The van der Waals surface area contributed by atoms with Gasteiger partial charge in [-0.2, -0.15) is 0 Å². The fraction of sp³-hybridized carbons (Fsp3) is 0.562. The first-order chi connectivity index (χ1) is 10.2. The van der Waals surface area contributed by atoms with E-state index in [-0.39, 0.29) is 11.0 Å². The number of hydrogen-bond donors (Lipinski definition) is 0. The van der Waals surface area contributed by atoms with Crippen molar-refractivity contribution in [3.05, 3.63) is 22.6 Å². The Kier molecular flexibility index (Phi) is 2.73. The number of rotatable bonds is 0. The molecule has 0 unspecified atom stereocenters. The molecule has 6 heteroatoms. The Bertz CT molecular complexity index is 885. The van der Waals surface area contributed by atoms with E-state index in [1.54, 1.807) is 17.7 Å². The van der Waals surface area contributed by atoms with Gasteiger partial charge in [-0.1, -0.05) is 20.8 Å². The Hall–Kier alpha value is -1.53. The van der Waals surface area contributed by atoms with Crippen LogP contribution in [0.3, 0.4) is 0 Å². The van der Waals surface area contributed by atoms with E-state index in [4.69, 9.17) is 9.72 Å². The van der Waals surface area contributed by atoms with Gasteiger partial charge in [-0.3, -0.25) is 0 Å². The summed E-state index contributed by atoms with van der Waals surface area (Å²) in [5.74, 6) is 0.855. The van der Waals surface area contributed by atoms with Gasteiger partial charge in [0.05, 0.1) is 17.6 Å². The molecule has 0 fully saturated rings. The van der Waals surface area contributed by atoms with E-state index in [0.717, 1.165) is 28.1 Å². The summed E-state index contributed by atoms with van der Waals surface area (Å²) in [6.07, 6.45) is 2.66. The van der Waals surface area contributed by atoms with Gasteiger partial charge < -0.3 is 4.74 Å². The van der Waals surface area contributed by atoms with Gasteiger partial charge in [0.25, 0.3) is 0 Å². The van der Waals surface area contributed by atoms with E-state index in [0.29, 0.717) is 6.61 Å². The summed E-state index contributed by atoms with van der Waals surface area (Å²) in [6, 6.07) is 0. The van der Waals surface area contributed by atoms with Crippen molar-refractivity contribution in [1.82, 2.24) is 19.6 Å². The molecule has 0 saturated heterocycles. The Labute approximate surface area is 133 Å². The standard InChI is InChI=1S/C16H20N4OS/c1-15(2,3)14-18-12-11-9-6-16(4,5)21-7-10(9)22-13(11)17-8-20(12)19-14/h8H,6-7H2,1-5H3. The number of fused-ring (bicyclic) bond motifs is 5. The average Bonchev–Trinajstić information content (AvgIpc) is 2.96. The van der Waals surface area contributed by atoms with Crippen LogP contribution >= 0.6 is 11.3 Å². The van der Waals surface area contributed by atoms with E-state index in [1.807, 2.05) is 4.52 Å². The molecule has 0 N–H and O–H groups in total. The van der Waals surface area contributed by atoms with Crippen LogP contribution in [0.2, 0.25) is 0 Å². The first-order valence-corrected chi connectivity index (χ1v) is 8.36. The van der Waals surface area contributed by atoms with E-state index >= 15 is 0 Å². The normalized spacial score (nSPS) is 18.0. The molecule has 116 valence electrons. The molecule has 0 radical (unpaired) electrons. The molecule has 1 aliphatic rings. The van der Waals surface area contributed by atoms with Crippen LogP contribution in [0, 0.1) is 0 Å². The maximum absolute atomic E-state index is 5.93. The molecule has 0 aliphatic carbocycles. The smallest absolute Gasteiger partial charge is 0.167 e. The SMILES string of the molecule is CC1(C)Cc2c(sc3ncn4nc(C(C)(C)C)nc4c23)CO1. The molecule has 3 aromatic heterocycles. The van der Waals surface area contributed by atoms with Gasteiger partial charge in [-0.15, -0.1) is 16.4 Å². The third kappa shape index (κ3) is 2.05. The van der Waals surface area contributed by atoms with Crippen molar-refractivity contribution in [2.24, 2.45) is 0 Å². The lowest BCUT2D eigenvalue weighted by Gasteiger charge is -2.30. The van der Waals surface area contributed by atoms with Crippen LogP contribution in [0.25, 0.3) is 15.9 Å². The lowest BCUT2D eigenvalue weighted by molar-refractivity contribution is -0.0379. The highest BCUT2D eigenvalue weighted by Gasteiger charge is 2.31. The Morgan fingerprint density at radius 3 is 2.82 bits per heavy atom. The predicted octanol–water partition coefficient (Wildman–Crippen LogP) is 3.49. The highest BCUT2D eigenvalue weighted by molar-refractivity contribution is 7.19. The fourth-order valence-electron chi connectivity index (χ4n) is 2.86. The van der Waals surface area contributed by atoms with Crippen LogP contribution in [0.1, 0.15) is 50.9 Å². The zero-order chi connectivity index (χ0) is 15.7. The van der Waals surface area contributed by atoms with Gasteiger partial charge in [0.2, 0.25) is 0 Å². The van der Waals surface area contributed by atoms with E-state index in [2.05, 4.69) is 44.7 Å². The summed E-state index contributed by atoms with van der Waals surface area (Å²) in [4.78, 5) is 11.7. The Morgan fingerprint density at radius 2 is 2.09 bits per heavy atom. The number of ether oxygens (including phenoxy) is 1. The predicted molar refractivity (Wildman–Crippen MR) is 87.4 cm³/mol. The van der Waals surface area contributed by atoms with Crippen molar-refractivity contribution in [3.8, 4) is 0 Å². The molecule has 0 bridgehead atoms. The largest absolute Gasteiger partial charge is 0.370 e. The average molecular weight is 316 g/mol. The molecule has 4 heterocycles. The minimum Gasteiger partial charge on any atom is -0.370 e. The van der Waals surface area contributed by atoms with Crippen molar-refractivity contribution < 1.29 is 4.74 Å². The van der Waals surface area contributed by atoms with Gasteiger partial charge in [-0.25, -0.2) is 14.5 Å². The van der Waals surface area contributed by atoms with E-state index in [1.165, 1.54) is 10.4 Å². The molecule has 3 aromatic rings. The molecule has 0 amide bonds. The fourth-order valence-corrected chi connectivity index (χ4v) is 3.92. The molecule has 1 aliphatic heterocycles. The monoisotopic (exact) mass is 316 g/mol. The third-order valence-electron chi connectivity index (χ3n) is 4.08. The van der Waals surface area contributed by atoms with Crippen molar-refractivity contribution in [2.45, 2.75) is 58.7 Å². The van der Waals surface area contributed by atoms with Gasteiger partial charge >= 0.3 is 0 Å². The minimum absolute atomic E-state index is 0.0726. The second kappa shape index (κ2) is 4.26. The molecule has 22 heavy (non-hydrogen) atoms. The second-order valence-corrected chi connectivity index (χ2v) is 8.69. The topological polar surface area (TPSA) is 52.3 Å². The molecular formula is C16H20N4OS. The molecule has 0 spiro atoms. The Balaban J connectivity index is 2.03. The first kappa shape index (κ1) is 14.1. The zero-order valence-electron chi connectivity index (χ0n) is 13.6. The van der Waals surface area contributed by atoms with Crippen molar-refractivity contribution in [3.63, 3.8) is 0 Å². The van der Waals surface area contributed by atoms with E-state index in [9.17, 15) is 0 Å².